The van der Waals surface area contributed by atoms with Gasteiger partial charge >= 0.3 is 0 Å². The Bertz CT molecular complexity index is 9050. The van der Waals surface area contributed by atoms with E-state index in [2.05, 4.69) is 437 Å². The van der Waals surface area contributed by atoms with E-state index in [4.69, 9.17) is 44.9 Å². The number of hydrogen-bond acceptors (Lipinski definition) is 9. The molecule has 0 N–H and O–H groups in total. The minimum atomic E-state index is 0.516. The van der Waals surface area contributed by atoms with E-state index in [1.54, 1.807) is 0 Å². The Labute approximate surface area is 731 Å². The topological polar surface area (TPSA) is 136 Å². The molecule has 0 spiro atoms. The molecule has 0 aliphatic heterocycles. The third kappa shape index (κ3) is 11.9. The summed E-state index contributed by atoms with van der Waals surface area (Å²) in [6, 6.07) is 148. The summed E-state index contributed by atoms with van der Waals surface area (Å²) in [7, 11) is 0. The molecule has 0 fully saturated rings. The lowest BCUT2D eigenvalue weighted by atomic mass is 10.1. The molecule has 594 valence electrons. The third-order valence-electron chi connectivity index (χ3n) is 25.4. The zero-order valence-electron chi connectivity index (χ0n) is 68.7. The van der Waals surface area contributed by atoms with Crippen LogP contribution in [0.15, 0.2) is 419 Å². The summed E-state index contributed by atoms with van der Waals surface area (Å²) in [5.41, 5.74) is 14.8. The van der Waals surface area contributed by atoms with Crippen molar-refractivity contribution in [3.05, 3.63) is 419 Å². The highest BCUT2D eigenvalue weighted by molar-refractivity contribution is 6.28. The molecule has 128 heavy (non-hydrogen) atoms. The van der Waals surface area contributed by atoms with Gasteiger partial charge in [-0.15, -0.1) is 0 Å². The molecule has 7 heterocycles. The molecule has 20 aromatic carbocycles. The SMILES string of the molecule is c1ccc2cc(-c3nc(-c4ccc5ccccc5c4)nc(-n4c5ccccc5c5c4ccc4c6ccccc6n(-c6nc(-c7ccc8ccccc8c7)nc(-c7ccc8ccccc8c7)n6)c45)n3)ccc2c1.c1ccc2cc(-c3nc(-c4ccc5ccccc5c4)nc(-n4c5ccccc5c5ccc6c(c7ccccc7n6-c6ccc7ccccc7c6)c54)n3)ccc2c1. The largest absolute Gasteiger partial charge is 0.309 e. The van der Waals surface area contributed by atoms with Crippen molar-refractivity contribution in [3.8, 4) is 91.9 Å². The van der Waals surface area contributed by atoms with E-state index in [1.807, 2.05) is 0 Å². The van der Waals surface area contributed by atoms with E-state index >= 15 is 0 Å². The first-order valence-electron chi connectivity index (χ1n) is 43.0. The maximum Gasteiger partial charge on any atom is 0.238 e. The highest BCUT2D eigenvalue weighted by atomic mass is 15.2. The summed E-state index contributed by atoms with van der Waals surface area (Å²) in [5.74, 6) is 5.20. The average Bonchev–Trinajstić information content (AvgIpc) is 1.54. The predicted molar refractivity (Wildman–Crippen MR) is 526 cm³/mol. The van der Waals surface area contributed by atoms with E-state index in [0.29, 0.717) is 52.8 Å². The number of nitrogens with zero attached hydrogens (tertiary/aromatic N) is 13. The second-order valence-corrected chi connectivity index (χ2v) is 32.9. The Morgan fingerprint density at radius 2 is 0.367 bits per heavy atom. The zero-order chi connectivity index (χ0) is 84.0. The lowest BCUT2D eigenvalue weighted by Gasteiger charge is -2.13. The van der Waals surface area contributed by atoms with Gasteiger partial charge in [-0.1, -0.05) is 334 Å². The number of hydrogen-bond donors (Lipinski definition) is 0. The number of rotatable bonds is 10. The van der Waals surface area contributed by atoms with Gasteiger partial charge in [0.25, 0.3) is 0 Å². The molecule has 0 saturated carbocycles. The Morgan fingerprint density at radius 1 is 0.141 bits per heavy atom. The van der Waals surface area contributed by atoms with Crippen molar-refractivity contribution in [2.45, 2.75) is 0 Å². The van der Waals surface area contributed by atoms with Gasteiger partial charge in [-0.2, -0.15) is 29.9 Å². The van der Waals surface area contributed by atoms with Crippen molar-refractivity contribution in [1.82, 2.24) is 63.1 Å². The van der Waals surface area contributed by atoms with E-state index in [-0.39, 0.29) is 0 Å². The molecule has 0 aliphatic rings. The van der Waals surface area contributed by atoms with Crippen LogP contribution >= 0.6 is 0 Å². The van der Waals surface area contributed by atoms with Crippen LogP contribution in [0.5, 0.6) is 0 Å². The predicted octanol–water partition coefficient (Wildman–Crippen LogP) is 28.4. The van der Waals surface area contributed by atoms with Gasteiger partial charge in [0.2, 0.25) is 17.8 Å². The summed E-state index contributed by atoms with van der Waals surface area (Å²) in [4.78, 5) is 48.0. The molecule has 13 heteroatoms. The van der Waals surface area contributed by atoms with Crippen LogP contribution in [0.1, 0.15) is 0 Å². The molecular formula is C115H69N13. The number of aromatic nitrogens is 13. The molecule has 27 aromatic rings. The first kappa shape index (κ1) is 72.1. The van der Waals surface area contributed by atoms with Crippen LogP contribution in [-0.2, 0) is 0 Å². The normalized spacial score (nSPS) is 11.9. The quantitative estimate of drug-likeness (QED) is 0.131. The van der Waals surface area contributed by atoms with Gasteiger partial charge < -0.3 is 4.57 Å². The number of para-hydroxylation sites is 4. The highest BCUT2D eigenvalue weighted by Gasteiger charge is 2.28. The van der Waals surface area contributed by atoms with Gasteiger partial charge in [0.1, 0.15) is 0 Å². The van der Waals surface area contributed by atoms with Crippen LogP contribution in [0, 0.1) is 0 Å². The Balaban J connectivity index is 0.000000140. The molecule has 0 amide bonds. The highest BCUT2D eigenvalue weighted by Crippen LogP contribution is 2.46. The van der Waals surface area contributed by atoms with Crippen LogP contribution in [0.25, 0.3) is 254 Å². The second kappa shape index (κ2) is 29.1. The first-order valence-corrected chi connectivity index (χ1v) is 43.0. The van der Waals surface area contributed by atoms with Crippen molar-refractivity contribution in [2.24, 2.45) is 0 Å². The van der Waals surface area contributed by atoms with Crippen molar-refractivity contribution >= 4 is 163 Å². The van der Waals surface area contributed by atoms with E-state index < -0.39 is 0 Å². The molecule has 13 nitrogen and oxygen atoms in total. The monoisotopic (exact) mass is 1630 g/mol. The Hall–Kier alpha value is -17.6. The molecule has 7 aromatic heterocycles. The summed E-state index contributed by atoms with van der Waals surface area (Å²) in [5, 5.41) is 25.0. The summed E-state index contributed by atoms with van der Waals surface area (Å²) in [6.45, 7) is 0. The van der Waals surface area contributed by atoms with E-state index in [9.17, 15) is 0 Å². The molecule has 0 saturated heterocycles. The minimum absolute atomic E-state index is 0.516. The number of benzene rings is 20. The maximum atomic E-state index is 5.43. The van der Waals surface area contributed by atoms with Crippen molar-refractivity contribution in [3.63, 3.8) is 0 Å². The van der Waals surface area contributed by atoms with Crippen molar-refractivity contribution in [2.75, 3.05) is 0 Å². The van der Waals surface area contributed by atoms with Gasteiger partial charge in [-0.3, -0.25) is 13.7 Å². The van der Waals surface area contributed by atoms with E-state index in [0.717, 1.165) is 175 Å². The summed E-state index contributed by atoms with van der Waals surface area (Å²) < 4.78 is 9.08. The molecule has 27 rings (SSSR count). The van der Waals surface area contributed by atoms with E-state index in [1.165, 1.54) is 26.9 Å². The zero-order valence-corrected chi connectivity index (χ0v) is 68.7. The van der Waals surface area contributed by atoms with Crippen molar-refractivity contribution in [1.29, 1.82) is 0 Å². The molecule has 0 radical (unpaired) electrons. The average molecular weight is 1630 g/mol. The molecule has 0 unspecified atom stereocenters. The molecule has 0 bridgehead atoms. The van der Waals surface area contributed by atoms with Gasteiger partial charge in [-0.25, -0.2) is 15.0 Å². The van der Waals surface area contributed by atoms with Crippen LogP contribution in [0.3, 0.4) is 0 Å². The Morgan fingerprint density at radius 3 is 0.672 bits per heavy atom. The third-order valence-corrected chi connectivity index (χ3v) is 25.4. The van der Waals surface area contributed by atoms with Crippen LogP contribution in [0.2, 0.25) is 0 Å². The Kier molecular flexibility index (Phi) is 16.4. The van der Waals surface area contributed by atoms with Crippen LogP contribution in [0.4, 0.5) is 0 Å². The minimum Gasteiger partial charge on any atom is -0.309 e. The fraction of sp³-hybridized carbons (Fsp3) is 0. The standard InChI is InChI=1S/C64H38N8.C51H31N5/c1-5-17-43-35-47(29-25-39(43)13-1)59-65-60(48-30-26-40-14-2-6-18-44(40)36-48)68-63(67-59)71-55-24-12-10-22-53(55)57-56(71)34-33-52-51-21-9-11-23-54(51)72(58(52)57)64-69-61(49-31-27-41-15-3-7-19-45(41)37-49)66-62(70-64)50-32-28-42-16-4-8-20-46(42)38-50;1-4-14-35-29-38(23-21-32(35)11-1)49-52-50(39-24-22-33-12-2-5-15-36(33)30-39)54-51(53-49)56-44-19-9-7-17-41(44)42-27-28-46-47(48(42)56)43-18-8-10-20-45(43)55(46)40-26-25-34-13-3-6-16-37(34)31-40/h1-38H;1-31H. The fourth-order valence-corrected chi connectivity index (χ4v) is 19.4. The lowest BCUT2D eigenvalue weighted by molar-refractivity contribution is 0.952. The fourth-order valence-electron chi connectivity index (χ4n) is 19.4. The van der Waals surface area contributed by atoms with Gasteiger partial charge in [-0.05, 0) is 160 Å². The van der Waals surface area contributed by atoms with Crippen LogP contribution < -0.4 is 0 Å². The molecule has 0 atom stereocenters. The van der Waals surface area contributed by atoms with Crippen molar-refractivity contribution < 1.29 is 0 Å². The smallest absolute Gasteiger partial charge is 0.238 e. The molecular weight excluding hydrogens is 1560 g/mol. The summed E-state index contributed by atoms with van der Waals surface area (Å²) in [6.07, 6.45) is 0. The van der Waals surface area contributed by atoms with Crippen LogP contribution in [-0.4, -0.2) is 63.1 Å². The lowest BCUT2D eigenvalue weighted by Crippen LogP contribution is -2.07. The van der Waals surface area contributed by atoms with Gasteiger partial charge in [0, 0.05) is 82.2 Å². The number of fused-ring (bicyclic) bond motifs is 21. The maximum absolute atomic E-state index is 5.43. The van der Waals surface area contributed by atoms with Gasteiger partial charge in [0.15, 0.2) is 34.9 Å². The first-order chi connectivity index (χ1) is 63.4. The second-order valence-electron chi connectivity index (χ2n) is 32.9. The van der Waals surface area contributed by atoms with Gasteiger partial charge in [0.05, 0.1) is 44.1 Å². The molecule has 0 aliphatic carbocycles. The summed E-state index contributed by atoms with van der Waals surface area (Å²) >= 11 is 0.